The summed E-state index contributed by atoms with van der Waals surface area (Å²) < 4.78 is 8.15. The highest BCUT2D eigenvalue weighted by Crippen LogP contribution is 2.28. The van der Waals surface area contributed by atoms with Crippen LogP contribution in [0.25, 0.3) is 11.5 Å². The number of hydrogen-bond acceptors (Lipinski definition) is 6. The summed E-state index contributed by atoms with van der Waals surface area (Å²) in [5, 5.41) is 8.44. The zero-order chi connectivity index (χ0) is 25.9. The Kier molecular flexibility index (Phi) is 7.74. The lowest BCUT2D eigenvalue weighted by molar-refractivity contribution is -0.138. The van der Waals surface area contributed by atoms with Crippen LogP contribution in [0.3, 0.4) is 0 Å². The number of nitrogens with zero attached hydrogens (tertiary/aromatic N) is 6. The van der Waals surface area contributed by atoms with Crippen molar-refractivity contribution < 1.29 is 9.21 Å². The predicted molar refractivity (Wildman–Crippen MR) is 143 cm³/mol. The van der Waals surface area contributed by atoms with Crippen LogP contribution < -0.4 is 0 Å². The molecule has 4 heterocycles. The zero-order valence-corrected chi connectivity index (χ0v) is 22.7. The maximum Gasteiger partial charge on any atom is 0.226 e. The Morgan fingerprint density at radius 1 is 1.08 bits per heavy atom. The van der Waals surface area contributed by atoms with Gasteiger partial charge in [0.25, 0.3) is 0 Å². The van der Waals surface area contributed by atoms with Gasteiger partial charge >= 0.3 is 0 Å². The average Bonchev–Trinajstić information content (AvgIpc) is 3.51. The van der Waals surface area contributed by atoms with Crippen LogP contribution in [0.4, 0.5) is 0 Å². The van der Waals surface area contributed by atoms with Crippen molar-refractivity contribution in [1.82, 2.24) is 29.5 Å². The van der Waals surface area contributed by atoms with Crippen LogP contribution in [-0.4, -0.2) is 61.6 Å². The predicted octanol–water partition coefficient (Wildman–Crippen LogP) is 4.82. The van der Waals surface area contributed by atoms with Crippen LogP contribution in [0, 0.1) is 25.7 Å². The molecule has 1 aromatic carbocycles. The summed E-state index contributed by atoms with van der Waals surface area (Å²) in [7, 11) is 0. The molecular weight excluding hydrogens is 464 g/mol. The van der Waals surface area contributed by atoms with Gasteiger partial charge in [-0.05, 0) is 84.5 Å². The summed E-state index contributed by atoms with van der Waals surface area (Å²) in [6.45, 7) is 12.7. The molecule has 3 aromatic rings. The number of aromatic nitrogens is 4. The van der Waals surface area contributed by atoms with Crippen molar-refractivity contribution in [2.24, 2.45) is 11.8 Å². The summed E-state index contributed by atoms with van der Waals surface area (Å²) in [6.07, 6.45) is 6.70. The minimum Gasteiger partial charge on any atom is -0.441 e. The Balaban J connectivity index is 1.09. The van der Waals surface area contributed by atoms with Crippen LogP contribution in [0.15, 0.2) is 35.0 Å². The molecular formula is C29H40N6O2. The summed E-state index contributed by atoms with van der Waals surface area (Å²) in [5.41, 5.74) is 3.21. The van der Waals surface area contributed by atoms with Gasteiger partial charge in [-0.15, -0.1) is 10.2 Å². The smallest absolute Gasteiger partial charge is 0.226 e. The van der Waals surface area contributed by atoms with E-state index >= 15 is 0 Å². The minimum absolute atomic E-state index is 0.137. The van der Waals surface area contributed by atoms with Gasteiger partial charge < -0.3 is 13.9 Å². The van der Waals surface area contributed by atoms with E-state index in [2.05, 4.69) is 57.5 Å². The largest absolute Gasteiger partial charge is 0.441 e. The quantitative estimate of drug-likeness (QED) is 0.459. The van der Waals surface area contributed by atoms with Gasteiger partial charge in [0, 0.05) is 43.6 Å². The van der Waals surface area contributed by atoms with E-state index in [1.807, 2.05) is 25.4 Å². The lowest BCUT2D eigenvalue weighted by Crippen LogP contribution is -2.45. The molecule has 2 aliphatic rings. The first-order valence-corrected chi connectivity index (χ1v) is 13.8. The number of likely N-dealkylation sites (tertiary alicyclic amines) is 2. The first-order valence-electron chi connectivity index (χ1n) is 13.8. The molecule has 0 radical (unpaired) electrons. The van der Waals surface area contributed by atoms with Crippen LogP contribution in [0.2, 0.25) is 0 Å². The molecule has 2 aromatic heterocycles. The maximum atomic E-state index is 13.3. The van der Waals surface area contributed by atoms with E-state index in [0.29, 0.717) is 23.8 Å². The van der Waals surface area contributed by atoms with Crippen LogP contribution in [-0.2, 0) is 17.8 Å². The van der Waals surface area contributed by atoms with E-state index in [-0.39, 0.29) is 5.92 Å². The molecule has 8 heteroatoms. The van der Waals surface area contributed by atoms with E-state index in [1.165, 1.54) is 5.56 Å². The van der Waals surface area contributed by atoms with E-state index in [9.17, 15) is 4.79 Å². The third-order valence-electron chi connectivity index (χ3n) is 8.07. The molecule has 5 rings (SSSR count). The Morgan fingerprint density at radius 2 is 1.84 bits per heavy atom. The Labute approximate surface area is 220 Å². The van der Waals surface area contributed by atoms with Crippen molar-refractivity contribution >= 4 is 5.91 Å². The topological polar surface area (TPSA) is 80.3 Å². The number of benzene rings is 1. The molecule has 2 fully saturated rings. The number of carbonyl (C=O) groups is 1. The molecule has 0 spiro atoms. The van der Waals surface area contributed by atoms with Crippen molar-refractivity contribution in [3.8, 4) is 11.5 Å². The number of aryl methyl sites for hydroxylation is 2. The molecule has 1 amide bonds. The van der Waals surface area contributed by atoms with Gasteiger partial charge in [-0.3, -0.25) is 9.69 Å². The third-order valence-corrected chi connectivity index (χ3v) is 8.07. The van der Waals surface area contributed by atoms with Gasteiger partial charge in [-0.2, -0.15) is 0 Å². The lowest BCUT2D eigenvalue weighted by Gasteiger charge is -2.37. The fourth-order valence-electron chi connectivity index (χ4n) is 5.74. The second kappa shape index (κ2) is 11.2. The molecule has 8 nitrogen and oxygen atoms in total. The van der Waals surface area contributed by atoms with E-state index in [4.69, 9.17) is 9.40 Å². The maximum absolute atomic E-state index is 13.3. The molecule has 198 valence electrons. The number of oxazole rings is 1. The summed E-state index contributed by atoms with van der Waals surface area (Å²) in [5.74, 6) is 3.70. The lowest BCUT2D eigenvalue weighted by atomic mass is 9.90. The fourth-order valence-corrected chi connectivity index (χ4v) is 5.74. The first kappa shape index (κ1) is 25.6. The standard InChI is InChI=1S/C29H40N6O2/c1-20(2)35-19-30-32-27(35)17-23-8-14-34(15-9-23)29(36)24-10-12-33(13-11-24)18-26-22(4)37-28(31-26)25-7-5-6-21(3)16-25/h5-7,16,19-20,23-24H,8-15,17-18H2,1-4H3. The minimum atomic E-state index is 0.137. The summed E-state index contributed by atoms with van der Waals surface area (Å²) in [4.78, 5) is 22.6. The first-order chi connectivity index (χ1) is 17.9. The number of hydrogen-bond donors (Lipinski definition) is 0. The van der Waals surface area contributed by atoms with Gasteiger partial charge in [0.05, 0.1) is 5.69 Å². The van der Waals surface area contributed by atoms with Crippen molar-refractivity contribution in [2.75, 3.05) is 26.2 Å². The van der Waals surface area contributed by atoms with Gasteiger partial charge in [-0.1, -0.05) is 17.7 Å². The highest BCUT2D eigenvalue weighted by molar-refractivity contribution is 5.79. The normalized spacial score (nSPS) is 18.1. The Hall–Kier alpha value is -3.00. The van der Waals surface area contributed by atoms with Gasteiger partial charge in [-0.25, -0.2) is 4.98 Å². The van der Waals surface area contributed by atoms with E-state index < -0.39 is 0 Å². The molecule has 37 heavy (non-hydrogen) atoms. The highest BCUT2D eigenvalue weighted by atomic mass is 16.4. The number of piperidine rings is 2. The molecule has 0 aliphatic carbocycles. The van der Waals surface area contributed by atoms with Gasteiger partial charge in [0.1, 0.15) is 17.9 Å². The zero-order valence-electron chi connectivity index (χ0n) is 22.7. The Bertz CT molecular complexity index is 1200. The molecule has 0 atom stereocenters. The van der Waals surface area contributed by atoms with Crippen LogP contribution in [0.5, 0.6) is 0 Å². The van der Waals surface area contributed by atoms with E-state index in [1.54, 1.807) is 0 Å². The van der Waals surface area contributed by atoms with Crippen molar-refractivity contribution in [3.05, 3.63) is 53.4 Å². The fraction of sp³-hybridized carbons (Fsp3) is 0.586. The molecule has 2 aliphatic heterocycles. The molecule has 0 N–H and O–H groups in total. The second-order valence-electron chi connectivity index (χ2n) is 11.2. The Morgan fingerprint density at radius 3 is 2.54 bits per heavy atom. The van der Waals surface area contributed by atoms with Crippen molar-refractivity contribution in [2.45, 2.75) is 72.4 Å². The summed E-state index contributed by atoms with van der Waals surface area (Å²) >= 11 is 0. The van der Waals surface area contributed by atoms with Crippen LogP contribution in [0.1, 0.15) is 68.4 Å². The molecule has 0 bridgehead atoms. The monoisotopic (exact) mass is 504 g/mol. The van der Waals surface area contributed by atoms with Gasteiger partial charge in [0.2, 0.25) is 11.8 Å². The summed E-state index contributed by atoms with van der Waals surface area (Å²) in [6, 6.07) is 8.64. The molecule has 0 saturated carbocycles. The molecule has 0 unspecified atom stereocenters. The second-order valence-corrected chi connectivity index (χ2v) is 11.2. The number of amides is 1. The number of carbonyl (C=O) groups excluding carboxylic acids is 1. The van der Waals surface area contributed by atoms with Crippen molar-refractivity contribution in [1.29, 1.82) is 0 Å². The van der Waals surface area contributed by atoms with Crippen molar-refractivity contribution in [3.63, 3.8) is 0 Å². The molecule has 2 saturated heterocycles. The number of rotatable bonds is 7. The van der Waals surface area contributed by atoms with Crippen LogP contribution >= 0.6 is 0 Å². The highest BCUT2D eigenvalue weighted by Gasteiger charge is 2.32. The average molecular weight is 505 g/mol. The van der Waals surface area contributed by atoms with E-state index in [0.717, 1.165) is 87.7 Å². The SMILES string of the molecule is Cc1cccc(-c2nc(CN3CCC(C(=O)N4CCC(Cc5nncn5C(C)C)CC4)CC3)c(C)o2)c1. The third kappa shape index (κ3) is 5.95. The van der Waals surface area contributed by atoms with Gasteiger partial charge in [0.15, 0.2) is 0 Å².